The molecule has 0 bridgehead atoms. The van der Waals surface area contributed by atoms with Gasteiger partial charge in [0, 0.05) is 5.56 Å². The van der Waals surface area contributed by atoms with E-state index < -0.39 is 0 Å². The van der Waals surface area contributed by atoms with E-state index in [1.807, 2.05) is 48.6 Å². The molecule has 0 spiro atoms. The molecule has 1 atom stereocenters. The minimum absolute atomic E-state index is 0.111. The summed E-state index contributed by atoms with van der Waals surface area (Å²) in [5.41, 5.74) is 1.01. The highest BCUT2D eigenvalue weighted by molar-refractivity contribution is 5.35. The summed E-state index contributed by atoms with van der Waals surface area (Å²) in [6, 6.07) is 9.89. The van der Waals surface area contributed by atoms with Gasteiger partial charge in [0.05, 0.1) is 6.26 Å². The molecule has 0 aliphatic carbocycles. The second-order valence-electron chi connectivity index (χ2n) is 2.91. The Kier molecular flexibility index (Phi) is 2.68. The van der Waals surface area contributed by atoms with Gasteiger partial charge in [0.25, 0.3) is 0 Å². The normalized spacial score (nSPS) is 18.1. The van der Waals surface area contributed by atoms with Gasteiger partial charge in [-0.1, -0.05) is 30.2 Å². The molecule has 68 valence electrons. The summed E-state index contributed by atoms with van der Waals surface area (Å²) in [5.74, 6) is 6.08. The Hall–Kier alpha value is -1.94. The average molecular weight is 182 g/mol. The molecule has 1 heteroatoms. The largest absolute Gasteiger partial charge is 0.481 e. The lowest BCUT2D eigenvalue weighted by Gasteiger charge is -2.06. The summed E-state index contributed by atoms with van der Waals surface area (Å²) in [6.07, 6.45) is 7.26. The third-order valence-electron chi connectivity index (χ3n) is 1.83. The van der Waals surface area contributed by atoms with Gasteiger partial charge in [0.1, 0.15) is 0 Å². The molecule has 1 aliphatic heterocycles. The predicted molar refractivity (Wildman–Crippen MR) is 56.5 cm³/mol. The summed E-state index contributed by atoms with van der Waals surface area (Å²) in [4.78, 5) is 0. The van der Waals surface area contributed by atoms with Crippen LogP contribution in [0.2, 0.25) is 0 Å². The SMILES string of the molecule is C(#CC1C=CC=CO1)c1ccccc1. The van der Waals surface area contributed by atoms with Crippen molar-refractivity contribution in [3.8, 4) is 11.8 Å². The van der Waals surface area contributed by atoms with Gasteiger partial charge in [-0.15, -0.1) is 0 Å². The van der Waals surface area contributed by atoms with Crippen LogP contribution >= 0.6 is 0 Å². The van der Waals surface area contributed by atoms with Gasteiger partial charge >= 0.3 is 0 Å². The third kappa shape index (κ3) is 2.27. The monoisotopic (exact) mass is 182 g/mol. The van der Waals surface area contributed by atoms with E-state index in [1.165, 1.54) is 0 Å². The highest BCUT2D eigenvalue weighted by Gasteiger charge is 1.98. The fourth-order valence-corrected chi connectivity index (χ4v) is 1.14. The number of rotatable bonds is 0. The molecule has 1 unspecified atom stereocenters. The first-order chi connectivity index (χ1) is 6.95. The van der Waals surface area contributed by atoms with Gasteiger partial charge in [-0.05, 0) is 30.2 Å². The Morgan fingerprint density at radius 1 is 1.07 bits per heavy atom. The maximum atomic E-state index is 5.26. The highest BCUT2D eigenvalue weighted by atomic mass is 16.5. The molecule has 0 fully saturated rings. The molecule has 2 rings (SSSR count). The Labute approximate surface area is 83.7 Å². The zero-order valence-electron chi connectivity index (χ0n) is 7.68. The molecular formula is C13H10O. The molecule has 0 radical (unpaired) electrons. The molecule has 0 saturated heterocycles. The predicted octanol–water partition coefficient (Wildman–Crippen LogP) is 2.51. The van der Waals surface area contributed by atoms with Crippen molar-refractivity contribution in [3.05, 3.63) is 60.4 Å². The van der Waals surface area contributed by atoms with Crippen molar-refractivity contribution < 1.29 is 4.74 Å². The first-order valence-electron chi connectivity index (χ1n) is 4.50. The fraction of sp³-hybridized carbons (Fsp3) is 0.0769. The number of hydrogen-bond donors (Lipinski definition) is 0. The van der Waals surface area contributed by atoms with Crippen LogP contribution in [0, 0.1) is 11.8 Å². The van der Waals surface area contributed by atoms with Crippen molar-refractivity contribution in [3.63, 3.8) is 0 Å². The van der Waals surface area contributed by atoms with Crippen LogP contribution in [0.4, 0.5) is 0 Å². The van der Waals surface area contributed by atoms with Crippen molar-refractivity contribution in [2.75, 3.05) is 0 Å². The van der Waals surface area contributed by atoms with E-state index in [0.717, 1.165) is 5.56 Å². The standard InChI is InChI=1S/C13H10O/c1-2-6-12(7-3-1)9-10-13-8-4-5-11-14-13/h1-8,11,13H. The molecule has 0 saturated carbocycles. The molecular weight excluding hydrogens is 172 g/mol. The molecule has 1 heterocycles. The summed E-state index contributed by atoms with van der Waals surface area (Å²) >= 11 is 0. The van der Waals surface area contributed by atoms with Gasteiger partial charge in [0.2, 0.25) is 0 Å². The van der Waals surface area contributed by atoms with Crippen LogP contribution in [0.15, 0.2) is 54.8 Å². The Balaban J connectivity index is 2.07. The molecule has 0 N–H and O–H groups in total. The molecule has 0 aromatic heterocycles. The van der Waals surface area contributed by atoms with Crippen LogP contribution in [-0.4, -0.2) is 6.10 Å². The van der Waals surface area contributed by atoms with Gasteiger partial charge in [-0.2, -0.15) is 0 Å². The van der Waals surface area contributed by atoms with E-state index >= 15 is 0 Å². The smallest absolute Gasteiger partial charge is 0.177 e. The highest BCUT2D eigenvalue weighted by Crippen LogP contribution is 2.01. The quantitative estimate of drug-likeness (QED) is 0.560. The Morgan fingerprint density at radius 2 is 1.93 bits per heavy atom. The second kappa shape index (κ2) is 4.34. The van der Waals surface area contributed by atoms with Crippen molar-refractivity contribution >= 4 is 0 Å². The fourth-order valence-electron chi connectivity index (χ4n) is 1.14. The van der Waals surface area contributed by atoms with Gasteiger partial charge in [0.15, 0.2) is 6.10 Å². The molecule has 1 aromatic carbocycles. The van der Waals surface area contributed by atoms with Crippen LogP contribution < -0.4 is 0 Å². The minimum Gasteiger partial charge on any atom is -0.481 e. The molecule has 1 nitrogen and oxygen atoms in total. The number of benzene rings is 1. The van der Waals surface area contributed by atoms with Crippen LogP contribution in [0.3, 0.4) is 0 Å². The summed E-state index contributed by atoms with van der Waals surface area (Å²) in [7, 11) is 0. The van der Waals surface area contributed by atoms with Crippen molar-refractivity contribution in [1.29, 1.82) is 0 Å². The van der Waals surface area contributed by atoms with E-state index in [1.54, 1.807) is 6.26 Å². The molecule has 1 aliphatic rings. The lowest BCUT2D eigenvalue weighted by atomic mass is 10.2. The van der Waals surface area contributed by atoms with Crippen molar-refractivity contribution in [2.45, 2.75) is 6.10 Å². The van der Waals surface area contributed by atoms with Gasteiger partial charge in [-0.3, -0.25) is 0 Å². The lowest BCUT2D eigenvalue weighted by molar-refractivity contribution is 0.232. The maximum Gasteiger partial charge on any atom is 0.177 e. The minimum atomic E-state index is -0.111. The van der Waals surface area contributed by atoms with E-state index in [-0.39, 0.29) is 6.10 Å². The van der Waals surface area contributed by atoms with E-state index in [4.69, 9.17) is 4.74 Å². The van der Waals surface area contributed by atoms with E-state index in [2.05, 4.69) is 11.8 Å². The molecule has 1 aromatic rings. The van der Waals surface area contributed by atoms with Crippen LogP contribution in [0.25, 0.3) is 0 Å². The van der Waals surface area contributed by atoms with Crippen LogP contribution in [0.1, 0.15) is 5.56 Å². The van der Waals surface area contributed by atoms with E-state index in [9.17, 15) is 0 Å². The Bertz CT molecular complexity index is 404. The number of allylic oxidation sites excluding steroid dienone is 2. The summed E-state index contributed by atoms with van der Waals surface area (Å²) < 4.78 is 5.26. The van der Waals surface area contributed by atoms with Crippen molar-refractivity contribution in [1.82, 2.24) is 0 Å². The first kappa shape index (κ1) is 8.65. The summed E-state index contributed by atoms with van der Waals surface area (Å²) in [5, 5.41) is 0. The van der Waals surface area contributed by atoms with E-state index in [0.29, 0.717) is 0 Å². The summed E-state index contributed by atoms with van der Waals surface area (Å²) in [6.45, 7) is 0. The van der Waals surface area contributed by atoms with Crippen molar-refractivity contribution in [2.24, 2.45) is 0 Å². The number of ether oxygens (including phenoxy) is 1. The third-order valence-corrected chi connectivity index (χ3v) is 1.83. The number of hydrogen-bond acceptors (Lipinski definition) is 1. The molecule has 14 heavy (non-hydrogen) atoms. The van der Waals surface area contributed by atoms with Gasteiger partial charge in [-0.25, -0.2) is 0 Å². The maximum absolute atomic E-state index is 5.26. The second-order valence-corrected chi connectivity index (χ2v) is 2.91. The zero-order chi connectivity index (χ0) is 9.64. The Morgan fingerprint density at radius 3 is 2.64 bits per heavy atom. The lowest BCUT2D eigenvalue weighted by Crippen LogP contribution is -2.04. The van der Waals surface area contributed by atoms with Gasteiger partial charge < -0.3 is 4.74 Å². The van der Waals surface area contributed by atoms with Crippen LogP contribution in [-0.2, 0) is 4.74 Å². The molecule has 0 amide bonds. The average Bonchev–Trinajstić information content (AvgIpc) is 2.29. The van der Waals surface area contributed by atoms with Crippen LogP contribution in [0.5, 0.6) is 0 Å². The zero-order valence-corrected chi connectivity index (χ0v) is 7.68. The first-order valence-corrected chi connectivity index (χ1v) is 4.50. The topological polar surface area (TPSA) is 9.23 Å².